The molecule has 1 amide bonds. The van der Waals surface area contributed by atoms with Crippen LogP contribution in [0.5, 0.6) is 0 Å². The van der Waals surface area contributed by atoms with Gasteiger partial charge in [0, 0.05) is 11.1 Å². The van der Waals surface area contributed by atoms with Crippen LogP contribution in [-0.2, 0) is 4.74 Å². The summed E-state index contributed by atoms with van der Waals surface area (Å²) in [5.41, 5.74) is 5.79. The first-order valence-electron chi connectivity index (χ1n) is 7.98. The van der Waals surface area contributed by atoms with Crippen molar-refractivity contribution < 1.29 is 9.53 Å². The van der Waals surface area contributed by atoms with Gasteiger partial charge in [0.2, 0.25) is 0 Å². The highest BCUT2D eigenvalue weighted by molar-refractivity contribution is 5.69. The van der Waals surface area contributed by atoms with Crippen LogP contribution in [0.2, 0.25) is 0 Å². The fourth-order valence-electron chi connectivity index (χ4n) is 3.11. The highest BCUT2D eigenvalue weighted by Gasteiger charge is 2.54. The van der Waals surface area contributed by atoms with E-state index in [-0.39, 0.29) is 17.2 Å². The third kappa shape index (κ3) is 4.11. The summed E-state index contributed by atoms with van der Waals surface area (Å²) < 4.78 is 5.39. The van der Waals surface area contributed by atoms with Crippen LogP contribution >= 0.6 is 0 Å². The van der Waals surface area contributed by atoms with Crippen LogP contribution in [0.25, 0.3) is 0 Å². The summed E-state index contributed by atoms with van der Waals surface area (Å²) in [5.74, 6) is 0.600. The van der Waals surface area contributed by atoms with Crippen molar-refractivity contribution in [3.63, 3.8) is 0 Å². The minimum absolute atomic E-state index is 0.0255. The number of carbonyl (C=O) groups excluding carboxylic acids is 1. The average molecular weight is 282 g/mol. The molecule has 0 aromatic carbocycles. The van der Waals surface area contributed by atoms with Crippen LogP contribution in [0.15, 0.2) is 0 Å². The summed E-state index contributed by atoms with van der Waals surface area (Å²) in [6.45, 7) is 7.88. The van der Waals surface area contributed by atoms with Crippen molar-refractivity contribution >= 4 is 6.09 Å². The number of nitrogens with two attached hydrogens (primary N) is 1. The maximum atomic E-state index is 12.0. The second kappa shape index (κ2) is 5.21. The van der Waals surface area contributed by atoms with Gasteiger partial charge < -0.3 is 15.8 Å². The van der Waals surface area contributed by atoms with Crippen molar-refractivity contribution in [1.29, 1.82) is 0 Å². The van der Waals surface area contributed by atoms with E-state index < -0.39 is 5.60 Å². The summed E-state index contributed by atoms with van der Waals surface area (Å²) in [4.78, 5) is 12.0. The molecule has 0 saturated heterocycles. The second-order valence-electron chi connectivity index (χ2n) is 7.81. The molecule has 2 rings (SSSR count). The van der Waals surface area contributed by atoms with Crippen molar-refractivity contribution in [2.45, 2.75) is 89.3 Å². The van der Waals surface area contributed by atoms with Crippen molar-refractivity contribution in [3.05, 3.63) is 0 Å². The van der Waals surface area contributed by atoms with Crippen molar-refractivity contribution in [1.82, 2.24) is 5.32 Å². The third-order valence-corrected chi connectivity index (χ3v) is 4.66. The van der Waals surface area contributed by atoms with E-state index in [0.29, 0.717) is 5.92 Å². The molecular formula is C16H30N2O2. The number of carbonyl (C=O) groups is 1. The van der Waals surface area contributed by atoms with E-state index in [4.69, 9.17) is 10.5 Å². The SMILES string of the molecule is CCC1CC1(CCCC1(N)CC1)NC(=O)OC(C)(C)C. The molecule has 2 unspecified atom stereocenters. The Hall–Kier alpha value is -0.770. The van der Waals surface area contributed by atoms with Crippen molar-refractivity contribution in [3.8, 4) is 0 Å². The highest BCUT2D eigenvalue weighted by atomic mass is 16.6. The van der Waals surface area contributed by atoms with Gasteiger partial charge in [0.05, 0.1) is 0 Å². The lowest BCUT2D eigenvalue weighted by Crippen LogP contribution is -2.42. The Balaban J connectivity index is 1.81. The molecule has 20 heavy (non-hydrogen) atoms. The number of amides is 1. The molecule has 0 heterocycles. The number of ether oxygens (including phenoxy) is 1. The summed E-state index contributed by atoms with van der Waals surface area (Å²) in [6.07, 6.45) is 7.47. The fraction of sp³-hybridized carbons (Fsp3) is 0.938. The zero-order valence-corrected chi connectivity index (χ0v) is 13.4. The minimum atomic E-state index is -0.433. The minimum Gasteiger partial charge on any atom is -0.444 e. The molecule has 4 heteroatoms. The lowest BCUT2D eigenvalue weighted by atomic mass is 10.0. The molecule has 2 atom stereocenters. The monoisotopic (exact) mass is 282 g/mol. The Kier molecular flexibility index (Phi) is 4.07. The predicted molar refractivity (Wildman–Crippen MR) is 80.5 cm³/mol. The summed E-state index contributed by atoms with van der Waals surface area (Å²) >= 11 is 0. The Morgan fingerprint density at radius 3 is 2.45 bits per heavy atom. The quantitative estimate of drug-likeness (QED) is 0.785. The molecule has 0 aliphatic heterocycles. The lowest BCUT2D eigenvalue weighted by molar-refractivity contribution is 0.0486. The van der Waals surface area contributed by atoms with Crippen LogP contribution in [-0.4, -0.2) is 22.8 Å². The first kappa shape index (κ1) is 15.6. The zero-order chi connectivity index (χ0) is 15.0. The standard InChI is InChI=1S/C16H30N2O2/c1-5-12-11-16(12,8-6-7-15(17)9-10-15)18-13(19)20-14(2,3)4/h12H,5-11,17H2,1-4H3,(H,18,19). The molecule has 0 bridgehead atoms. The maximum absolute atomic E-state index is 12.0. The highest BCUT2D eigenvalue weighted by Crippen LogP contribution is 2.50. The van der Waals surface area contributed by atoms with Gasteiger partial charge in [-0.15, -0.1) is 0 Å². The molecule has 3 N–H and O–H groups in total. The number of nitrogens with one attached hydrogen (secondary N) is 1. The summed E-state index contributed by atoms with van der Waals surface area (Å²) in [7, 11) is 0. The first-order valence-corrected chi connectivity index (χ1v) is 7.98. The van der Waals surface area contributed by atoms with E-state index >= 15 is 0 Å². The molecule has 2 aliphatic rings. The van der Waals surface area contributed by atoms with Gasteiger partial charge in [-0.1, -0.05) is 13.3 Å². The average Bonchev–Trinajstić information content (AvgIpc) is 3.16. The lowest BCUT2D eigenvalue weighted by Gasteiger charge is -2.24. The Morgan fingerprint density at radius 1 is 1.35 bits per heavy atom. The Morgan fingerprint density at radius 2 is 2.00 bits per heavy atom. The molecule has 0 spiro atoms. The fourth-order valence-corrected chi connectivity index (χ4v) is 3.11. The third-order valence-electron chi connectivity index (χ3n) is 4.66. The van der Waals surface area contributed by atoms with E-state index in [2.05, 4.69) is 12.2 Å². The molecule has 2 saturated carbocycles. The van der Waals surface area contributed by atoms with Crippen molar-refractivity contribution in [2.75, 3.05) is 0 Å². The Labute approximate surface area is 122 Å². The van der Waals surface area contributed by atoms with Crippen LogP contribution in [0, 0.1) is 5.92 Å². The van der Waals surface area contributed by atoms with Gasteiger partial charge in [0.1, 0.15) is 5.60 Å². The van der Waals surface area contributed by atoms with Crippen LogP contribution in [0.1, 0.15) is 72.6 Å². The smallest absolute Gasteiger partial charge is 0.408 e. The van der Waals surface area contributed by atoms with Gasteiger partial charge >= 0.3 is 6.09 Å². The molecule has 0 radical (unpaired) electrons. The molecular weight excluding hydrogens is 252 g/mol. The second-order valence-corrected chi connectivity index (χ2v) is 7.81. The number of hydrogen-bond acceptors (Lipinski definition) is 3. The zero-order valence-electron chi connectivity index (χ0n) is 13.4. The van der Waals surface area contributed by atoms with Gasteiger partial charge in [-0.3, -0.25) is 0 Å². The molecule has 116 valence electrons. The van der Waals surface area contributed by atoms with Crippen molar-refractivity contribution in [2.24, 2.45) is 11.7 Å². The molecule has 0 aromatic rings. The van der Waals surface area contributed by atoms with Gasteiger partial charge in [-0.05, 0) is 65.2 Å². The number of hydrogen-bond donors (Lipinski definition) is 2. The molecule has 0 aromatic heterocycles. The van der Waals surface area contributed by atoms with Gasteiger partial charge in [-0.2, -0.15) is 0 Å². The van der Waals surface area contributed by atoms with E-state index in [1.807, 2.05) is 20.8 Å². The van der Waals surface area contributed by atoms with Gasteiger partial charge in [0.25, 0.3) is 0 Å². The molecule has 4 nitrogen and oxygen atoms in total. The predicted octanol–water partition coefficient (Wildman–Crippen LogP) is 3.34. The summed E-state index contributed by atoms with van der Waals surface area (Å²) in [5, 5.41) is 3.13. The normalized spacial score (nSPS) is 30.8. The van der Waals surface area contributed by atoms with Crippen LogP contribution in [0.4, 0.5) is 4.79 Å². The maximum Gasteiger partial charge on any atom is 0.408 e. The van der Waals surface area contributed by atoms with Gasteiger partial charge in [0.15, 0.2) is 0 Å². The summed E-state index contributed by atoms with van der Waals surface area (Å²) in [6, 6.07) is 0. The Bertz CT molecular complexity index is 371. The molecule has 2 aliphatic carbocycles. The topological polar surface area (TPSA) is 64.3 Å². The first-order chi connectivity index (χ1) is 9.18. The number of rotatable bonds is 6. The molecule has 2 fully saturated rings. The van der Waals surface area contributed by atoms with Gasteiger partial charge in [-0.25, -0.2) is 4.79 Å². The van der Waals surface area contributed by atoms with E-state index in [9.17, 15) is 4.79 Å². The van der Waals surface area contributed by atoms with E-state index in [0.717, 1.165) is 44.9 Å². The largest absolute Gasteiger partial charge is 0.444 e. The van der Waals surface area contributed by atoms with Crippen LogP contribution in [0.3, 0.4) is 0 Å². The van der Waals surface area contributed by atoms with Crippen LogP contribution < -0.4 is 11.1 Å². The van der Waals surface area contributed by atoms with E-state index in [1.165, 1.54) is 0 Å². The number of alkyl carbamates (subject to hydrolysis) is 1. The van der Waals surface area contributed by atoms with E-state index in [1.54, 1.807) is 0 Å².